The van der Waals surface area contributed by atoms with Gasteiger partial charge in [-0.3, -0.25) is 9.10 Å². The summed E-state index contributed by atoms with van der Waals surface area (Å²) in [5.41, 5.74) is 0.269. The van der Waals surface area contributed by atoms with Gasteiger partial charge in [-0.2, -0.15) is 0 Å². The number of halogens is 1. The predicted octanol–water partition coefficient (Wildman–Crippen LogP) is 3.70. The maximum absolute atomic E-state index is 13.1. The van der Waals surface area contributed by atoms with E-state index in [4.69, 9.17) is 11.6 Å². The van der Waals surface area contributed by atoms with Gasteiger partial charge in [0, 0.05) is 6.04 Å². The molecule has 2 rings (SSSR count). The van der Waals surface area contributed by atoms with Crippen molar-refractivity contribution in [3.63, 3.8) is 0 Å². The van der Waals surface area contributed by atoms with Crippen LogP contribution in [-0.4, -0.2) is 26.9 Å². The van der Waals surface area contributed by atoms with Crippen molar-refractivity contribution >= 4 is 33.2 Å². The van der Waals surface area contributed by atoms with Crippen LogP contribution in [0.3, 0.4) is 0 Å². The van der Waals surface area contributed by atoms with Gasteiger partial charge in [0.1, 0.15) is 6.54 Å². The van der Waals surface area contributed by atoms with Gasteiger partial charge in [0.05, 0.1) is 15.6 Å². The van der Waals surface area contributed by atoms with Crippen molar-refractivity contribution in [1.29, 1.82) is 0 Å². The monoisotopic (exact) mass is 394 g/mol. The minimum absolute atomic E-state index is 0.0741. The summed E-state index contributed by atoms with van der Waals surface area (Å²) in [5, 5.41) is 3.10. The summed E-state index contributed by atoms with van der Waals surface area (Å²) in [6.07, 6.45) is 0. The van der Waals surface area contributed by atoms with Gasteiger partial charge < -0.3 is 5.32 Å². The molecule has 0 saturated carbocycles. The van der Waals surface area contributed by atoms with Crippen LogP contribution in [0, 0.1) is 5.92 Å². The highest BCUT2D eigenvalue weighted by atomic mass is 35.5. The second-order valence-electron chi connectivity index (χ2n) is 6.38. The Hall–Kier alpha value is -2.05. The molecule has 26 heavy (non-hydrogen) atoms. The van der Waals surface area contributed by atoms with Crippen molar-refractivity contribution in [3.8, 4) is 0 Å². The number of hydrogen-bond acceptors (Lipinski definition) is 3. The zero-order valence-corrected chi connectivity index (χ0v) is 16.6. The number of para-hydroxylation sites is 1. The van der Waals surface area contributed by atoms with Crippen LogP contribution in [-0.2, 0) is 14.8 Å². The molecule has 0 aliphatic heterocycles. The fraction of sp³-hybridized carbons (Fsp3) is 0.316. The van der Waals surface area contributed by atoms with E-state index in [0.717, 1.165) is 4.31 Å². The van der Waals surface area contributed by atoms with E-state index in [0.29, 0.717) is 0 Å². The molecule has 0 bridgehead atoms. The van der Waals surface area contributed by atoms with Crippen LogP contribution >= 0.6 is 11.6 Å². The third kappa shape index (κ3) is 4.77. The Balaban J connectivity index is 2.41. The summed E-state index contributed by atoms with van der Waals surface area (Å²) in [6, 6.07) is 14.5. The summed E-state index contributed by atoms with van der Waals surface area (Å²) < 4.78 is 27.3. The van der Waals surface area contributed by atoms with E-state index in [2.05, 4.69) is 5.32 Å². The summed E-state index contributed by atoms with van der Waals surface area (Å²) in [7, 11) is -3.94. The number of nitrogens with zero attached hydrogens (tertiary/aromatic N) is 1. The fourth-order valence-electron chi connectivity index (χ4n) is 2.27. The molecule has 0 heterocycles. The molecule has 0 aliphatic carbocycles. The quantitative estimate of drug-likeness (QED) is 0.778. The molecule has 2 aromatic carbocycles. The van der Waals surface area contributed by atoms with Crippen molar-refractivity contribution in [1.82, 2.24) is 5.32 Å². The number of rotatable bonds is 7. The molecule has 0 saturated heterocycles. The number of benzene rings is 2. The van der Waals surface area contributed by atoms with Gasteiger partial charge in [0.25, 0.3) is 10.0 Å². The second kappa shape index (κ2) is 8.56. The first kappa shape index (κ1) is 20.3. The number of carbonyl (C=O) groups is 1. The zero-order valence-electron chi connectivity index (χ0n) is 15.0. The van der Waals surface area contributed by atoms with E-state index in [9.17, 15) is 13.2 Å². The van der Waals surface area contributed by atoms with Crippen LogP contribution in [0.25, 0.3) is 0 Å². The summed E-state index contributed by atoms with van der Waals surface area (Å²) in [5.74, 6) is -0.149. The lowest BCUT2D eigenvalue weighted by molar-refractivity contribution is -0.120. The SMILES string of the molecule is CC(C)C(C)NC(=O)CN(c1ccccc1Cl)S(=O)(=O)c1ccccc1. The Morgan fingerprint density at radius 2 is 1.62 bits per heavy atom. The lowest BCUT2D eigenvalue weighted by atomic mass is 10.1. The number of sulfonamides is 1. The van der Waals surface area contributed by atoms with Gasteiger partial charge >= 0.3 is 0 Å². The molecule has 2 aromatic rings. The van der Waals surface area contributed by atoms with Gasteiger partial charge in [0.15, 0.2) is 0 Å². The van der Waals surface area contributed by atoms with Crippen LogP contribution in [0.1, 0.15) is 20.8 Å². The summed E-state index contributed by atoms with van der Waals surface area (Å²) in [4.78, 5) is 12.6. The Kier molecular flexibility index (Phi) is 6.67. The predicted molar refractivity (Wildman–Crippen MR) is 105 cm³/mol. The van der Waals surface area contributed by atoms with Gasteiger partial charge in [0.2, 0.25) is 5.91 Å². The van der Waals surface area contributed by atoms with Crippen LogP contribution in [0.4, 0.5) is 5.69 Å². The van der Waals surface area contributed by atoms with Gasteiger partial charge in [-0.15, -0.1) is 0 Å². The molecule has 0 spiro atoms. The highest BCUT2D eigenvalue weighted by Gasteiger charge is 2.29. The maximum Gasteiger partial charge on any atom is 0.264 e. The van der Waals surface area contributed by atoms with E-state index in [1.54, 1.807) is 42.5 Å². The number of carbonyl (C=O) groups excluding carboxylic acids is 1. The first-order valence-corrected chi connectivity index (χ1v) is 10.2. The number of anilines is 1. The minimum Gasteiger partial charge on any atom is -0.352 e. The van der Waals surface area contributed by atoms with E-state index in [1.807, 2.05) is 20.8 Å². The molecule has 0 aromatic heterocycles. The Labute approximate surface area is 160 Å². The van der Waals surface area contributed by atoms with Gasteiger partial charge in [-0.1, -0.05) is 55.8 Å². The lowest BCUT2D eigenvalue weighted by Gasteiger charge is -2.26. The van der Waals surface area contributed by atoms with Crippen LogP contribution in [0.2, 0.25) is 5.02 Å². The molecular weight excluding hydrogens is 372 g/mol. The molecule has 5 nitrogen and oxygen atoms in total. The number of nitrogens with one attached hydrogen (secondary N) is 1. The molecule has 0 fully saturated rings. The third-order valence-electron chi connectivity index (χ3n) is 4.13. The Morgan fingerprint density at radius 1 is 1.04 bits per heavy atom. The molecule has 1 unspecified atom stereocenters. The highest BCUT2D eigenvalue weighted by molar-refractivity contribution is 7.92. The Morgan fingerprint density at radius 3 is 2.19 bits per heavy atom. The molecule has 1 N–H and O–H groups in total. The molecule has 140 valence electrons. The van der Waals surface area contributed by atoms with Crippen molar-refractivity contribution in [2.45, 2.75) is 31.7 Å². The average molecular weight is 395 g/mol. The zero-order chi connectivity index (χ0) is 19.3. The largest absolute Gasteiger partial charge is 0.352 e. The van der Waals surface area contributed by atoms with Crippen molar-refractivity contribution in [2.75, 3.05) is 10.8 Å². The standard InChI is InChI=1S/C19H23ClN2O3S/c1-14(2)15(3)21-19(23)13-22(18-12-8-7-11-17(18)20)26(24,25)16-9-5-4-6-10-16/h4-12,14-15H,13H2,1-3H3,(H,21,23). The first-order chi connectivity index (χ1) is 12.2. The fourth-order valence-corrected chi connectivity index (χ4v) is 4.02. The second-order valence-corrected chi connectivity index (χ2v) is 8.65. The summed E-state index contributed by atoms with van der Waals surface area (Å²) in [6.45, 7) is 5.50. The van der Waals surface area contributed by atoms with Crippen molar-refractivity contribution in [3.05, 3.63) is 59.6 Å². The normalized spacial score (nSPS) is 12.7. The van der Waals surface area contributed by atoms with E-state index in [-0.39, 0.29) is 40.0 Å². The molecule has 1 atom stereocenters. The van der Waals surface area contributed by atoms with Crippen LogP contribution in [0.5, 0.6) is 0 Å². The first-order valence-electron chi connectivity index (χ1n) is 8.35. The van der Waals surface area contributed by atoms with Crippen LogP contribution < -0.4 is 9.62 Å². The molecule has 0 aliphatic rings. The Bertz CT molecular complexity index is 854. The maximum atomic E-state index is 13.1. The van der Waals surface area contributed by atoms with E-state index in [1.165, 1.54) is 12.1 Å². The number of amides is 1. The van der Waals surface area contributed by atoms with Crippen molar-refractivity contribution < 1.29 is 13.2 Å². The minimum atomic E-state index is -3.94. The van der Waals surface area contributed by atoms with Gasteiger partial charge in [-0.25, -0.2) is 8.42 Å². The van der Waals surface area contributed by atoms with Crippen LogP contribution in [0.15, 0.2) is 59.5 Å². The molecule has 0 radical (unpaired) electrons. The lowest BCUT2D eigenvalue weighted by Crippen LogP contribution is -2.45. The molecule has 1 amide bonds. The third-order valence-corrected chi connectivity index (χ3v) is 6.22. The van der Waals surface area contributed by atoms with E-state index < -0.39 is 10.0 Å². The number of hydrogen-bond donors (Lipinski definition) is 1. The average Bonchev–Trinajstić information content (AvgIpc) is 2.61. The smallest absolute Gasteiger partial charge is 0.264 e. The molecule has 7 heteroatoms. The highest BCUT2D eigenvalue weighted by Crippen LogP contribution is 2.30. The van der Waals surface area contributed by atoms with E-state index >= 15 is 0 Å². The van der Waals surface area contributed by atoms with Crippen molar-refractivity contribution in [2.24, 2.45) is 5.92 Å². The summed E-state index contributed by atoms with van der Waals surface area (Å²) >= 11 is 6.21. The van der Waals surface area contributed by atoms with Gasteiger partial charge in [-0.05, 0) is 37.1 Å². The topological polar surface area (TPSA) is 66.5 Å². The molecular formula is C19H23ClN2O3S.